The number of ketones is 1. The van der Waals surface area contributed by atoms with Gasteiger partial charge in [0.2, 0.25) is 0 Å². The van der Waals surface area contributed by atoms with Gasteiger partial charge in [-0.05, 0) is 26.3 Å². The molecule has 1 fully saturated rings. The van der Waals surface area contributed by atoms with Gasteiger partial charge < -0.3 is 14.6 Å². The number of carbonyl (C=O) groups is 3. The van der Waals surface area contributed by atoms with Gasteiger partial charge in [0.05, 0.1) is 24.7 Å². The molecule has 0 spiro atoms. The molecule has 27 heavy (non-hydrogen) atoms. The number of carbonyl (C=O) groups excluding carboxylic acids is 3. The predicted octanol–water partition coefficient (Wildman–Crippen LogP) is 2.40. The lowest BCUT2D eigenvalue weighted by molar-refractivity contribution is -0.174. The lowest BCUT2D eigenvalue weighted by Gasteiger charge is -2.42. The monoisotopic (exact) mass is 374 g/mol. The van der Waals surface area contributed by atoms with Crippen molar-refractivity contribution in [2.24, 2.45) is 17.8 Å². The number of benzene rings is 1. The number of hydrogen-bond acceptors (Lipinski definition) is 6. The summed E-state index contributed by atoms with van der Waals surface area (Å²) in [5, 5.41) is 10.8. The predicted molar refractivity (Wildman–Crippen MR) is 99.5 cm³/mol. The lowest BCUT2D eigenvalue weighted by Crippen LogP contribution is -2.55. The highest BCUT2D eigenvalue weighted by Crippen LogP contribution is 2.42. The SMILES string of the molecule is CCOC(=O)[C@@H]1C(=O)C[C@](C)(O)[C@H](C(=O)OCC)[C@@H]1/C=C/c1ccccc1. The van der Waals surface area contributed by atoms with Gasteiger partial charge in [-0.1, -0.05) is 42.5 Å². The first kappa shape index (κ1) is 20.8. The molecular weight excluding hydrogens is 348 g/mol. The second-order valence-corrected chi connectivity index (χ2v) is 6.81. The smallest absolute Gasteiger partial charge is 0.317 e. The second-order valence-electron chi connectivity index (χ2n) is 6.81. The van der Waals surface area contributed by atoms with E-state index in [1.165, 1.54) is 6.92 Å². The van der Waals surface area contributed by atoms with Crippen LogP contribution in [0.2, 0.25) is 0 Å². The summed E-state index contributed by atoms with van der Waals surface area (Å²) in [7, 11) is 0. The van der Waals surface area contributed by atoms with Gasteiger partial charge in [-0.15, -0.1) is 0 Å². The maximum atomic E-state index is 12.6. The van der Waals surface area contributed by atoms with E-state index in [0.717, 1.165) is 5.56 Å². The molecule has 2 rings (SSSR count). The lowest BCUT2D eigenvalue weighted by atomic mass is 9.63. The van der Waals surface area contributed by atoms with Crippen LogP contribution in [0.1, 0.15) is 32.8 Å². The number of esters is 2. The van der Waals surface area contributed by atoms with E-state index in [0.29, 0.717) is 0 Å². The molecule has 0 aliphatic heterocycles. The minimum absolute atomic E-state index is 0.123. The Kier molecular flexibility index (Phi) is 6.91. The Morgan fingerprint density at radius 2 is 1.74 bits per heavy atom. The number of allylic oxidation sites excluding steroid dienone is 1. The summed E-state index contributed by atoms with van der Waals surface area (Å²) >= 11 is 0. The van der Waals surface area contributed by atoms with Gasteiger partial charge in [-0.2, -0.15) is 0 Å². The Hall–Kier alpha value is -2.47. The molecule has 0 heterocycles. The quantitative estimate of drug-likeness (QED) is 0.607. The average molecular weight is 374 g/mol. The van der Waals surface area contributed by atoms with Crippen LogP contribution in [0.15, 0.2) is 36.4 Å². The zero-order valence-electron chi connectivity index (χ0n) is 15.9. The summed E-state index contributed by atoms with van der Waals surface area (Å²) in [5.41, 5.74) is -0.765. The molecule has 146 valence electrons. The topological polar surface area (TPSA) is 89.9 Å². The molecule has 1 N–H and O–H groups in total. The number of Topliss-reactive ketones (excluding diaryl/α,β-unsaturated/α-hetero) is 1. The van der Waals surface area contributed by atoms with E-state index in [2.05, 4.69) is 0 Å². The van der Waals surface area contributed by atoms with Gasteiger partial charge >= 0.3 is 11.9 Å². The van der Waals surface area contributed by atoms with E-state index in [1.54, 1.807) is 26.0 Å². The fraction of sp³-hybridized carbons (Fsp3) is 0.476. The molecule has 0 aromatic heterocycles. The summed E-state index contributed by atoms with van der Waals surface area (Å²) in [6, 6.07) is 9.30. The Morgan fingerprint density at radius 1 is 1.15 bits per heavy atom. The summed E-state index contributed by atoms with van der Waals surface area (Å²) in [4.78, 5) is 37.7. The van der Waals surface area contributed by atoms with Crippen LogP contribution in [-0.4, -0.2) is 41.6 Å². The van der Waals surface area contributed by atoms with E-state index >= 15 is 0 Å². The minimum atomic E-state index is -1.61. The molecule has 0 radical (unpaired) electrons. The third-order valence-corrected chi connectivity index (χ3v) is 4.71. The maximum absolute atomic E-state index is 12.6. The Bertz CT molecular complexity index is 707. The van der Waals surface area contributed by atoms with Gasteiger partial charge in [0.1, 0.15) is 5.92 Å². The molecule has 6 heteroatoms. The second kappa shape index (κ2) is 8.95. The normalized spacial score (nSPS) is 28.1. The largest absolute Gasteiger partial charge is 0.466 e. The highest BCUT2D eigenvalue weighted by molar-refractivity contribution is 6.02. The van der Waals surface area contributed by atoms with Crippen molar-refractivity contribution < 1.29 is 29.0 Å². The van der Waals surface area contributed by atoms with Crippen molar-refractivity contribution in [2.75, 3.05) is 13.2 Å². The Balaban J connectivity index is 2.48. The standard InChI is InChI=1S/C21H26O6/c1-4-26-19(23)17-15(12-11-14-9-7-6-8-10-14)18(20(24)27-5-2)21(3,25)13-16(17)22/h6-12,15,17-18,25H,4-5,13H2,1-3H3/b12-11+/t15-,17+,18+,21+/m1/s1. The molecule has 0 bridgehead atoms. The van der Waals surface area contributed by atoms with Crippen LogP contribution < -0.4 is 0 Å². The van der Waals surface area contributed by atoms with E-state index < -0.39 is 41.1 Å². The molecule has 0 saturated heterocycles. The van der Waals surface area contributed by atoms with Crippen molar-refractivity contribution in [1.82, 2.24) is 0 Å². The molecule has 6 nitrogen and oxygen atoms in total. The van der Waals surface area contributed by atoms with Crippen LogP contribution >= 0.6 is 0 Å². The zero-order chi connectivity index (χ0) is 20.0. The summed E-state index contributed by atoms with van der Waals surface area (Å²) in [5.74, 6) is -4.83. The molecule has 1 aliphatic carbocycles. The maximum Gasteiger partial charge on any atom is 0.317 e. The molecule has 4 atom stereocenters. The minimum Gasteiger partial charge on any atom is -0.466 e. The van der Waals surface area contributed by atoms with Gasteiger partial charge in [0, 0.05) is 12.3 Å². The fourth-order valence-corrected chi connectivity index (χ4v) is 3.57. The zero-order valence-corrected chi connectivity index (χ0v) is 15.9. The van der Waals surface area contributed by atoms with E-state index in [-0.39, 0.29) is 19.6 Å². The number of aliphatic hydroxyl groups is 1. The van der Waals surface area contributed by atoms with E-state index in [9.17, 15) is 19.5 Å². The first-order valence-electron chi connectivity index (χ1n) is 9.13. The van der Waals surface area contributed by atoms with Crippen LogP contribution in [0.5, 0.6) is 0 Å². The number of hydrogen-bond donors (Lipinski definition) is 1. The highest BCUT2D eigenvalue weighted by Gasteiger charge is 2.55. The molecular formula is C21H26O6. The van der Waals surface area contributed by atoms with Crippen molar-refractivity contribution in [3.8, 4) is 0 Å². The third kappa shape index (κ3) is 4.83. The van der Waals surface area contributed by atoms with Crippen molar-refractivity contribution in [3.63, 3.8) is 0 Å². The summed E-state index contributed by atoms with van der Waals surface area (Å²) < 4.78 is 10.2. The van der Waals surface area contributed by atoms with Crippen molar-refractivity contribution >= 4 is 23.8 Å². The van der Waals surface area contributed by atoms with E-state index in [1.807, 2.05) is 30.3 Å². The van der Waals surface area contributed by atoms with Crippen molar-refractivity contribution in [1.29, 1.82) is 0 Å². The van der Waals surface area contributed by atoms with Gasteiger partial charge in [-0.25, -0.2) is 0 Å². The van der Waals surface area contributed by atoms with Crippen LogP contribution in [-0.2, 0) is 23.9 Å². The molecule has 1 saturated carbocycles. The molecule has 0 unspecified atom stereocenters. The first-order chi connectivity index (χ1) is 12.8. The fourth-order valence-electron chi connectivity index (χ4n) is 3.57. The first-order valence-corrected chi connectivity index (χ1v) is 9.13. The molecule has 1 aromatic carbocycles. The van der Waals surface area contributed by atoms with E-state index in [4.69, 9.17) is 9.47 Å². The third-order valence-electron chi connectivity index (χ3n) is 4.71. The van der Waals surface area contributed by atoms with Gasteiger partial charge in [-0.3, -0.25) is 14.4 Å². The van der Waals surface area contributed by atoms with Gasteiger partial charge in [0.15, 0.2) is 5.78 Å². The van der Waals surface area contributed by atoms with Crippen molar-refractivity contribution in [2.45, 2.75) is 32.8 Å². The number of rotatable bonds is 6. The average Bonchev–Trinajstić information content (AvgIpc) is 2.59. The van der Waals surface area contributed by atoms with Crippen LogP contribution in [0.25, 0.3) is 6.08 Å². The molecule has 1 aromatic rings. The van der Waals surface area contributed by atoms with Crippen molar-refractivity contribution in [3.05, 3.63) is 42.0 Å². The molecule has 0 amide bonds. The summed E-state index contributed by atoms with van der Waals surface area (Å²) in [6.07, 6.45) is 3.05. The highest BCUT2D eigenvalue weighted by atomic mass is 16.5. The van der Waals surface area contributed by atoms with Gasteiger partial charge in [0.25, 0.3) is 0 Å². The van der Waals surface area contributed by atoms with Crippen LogP contribution in [0.4, 0.5) is 0 Å². The Morgan fingerprint density at radius 3 is 2.33 bits per heavy atom. The summed E-state index contributed by atoms with van der Waals surface area (Å²) in [6.45, 7) is 5.01. The number of ether oxygens (including phenoxy) is 2. The van der Waals surface area contributed by atoms with Crippen LogP contribution in [0, 0.1) is 17.8 Å². The Labute approximate surface area is 159 Å². The molecule has 1 aliphatic rings. The van der Waals surface area contributed by atoms with Crippen LogP contribution in [0.3, 0.4) is 0 Å².